The number of rotatable bonds is 9. The van der Waals surface area contributed by atoms with Crippen LogP contribution in [0.1, 0.15) is 22.9 Å². The first-order chi connectivity index (χ1) is 14.9. The monoisotopic (exact) mass is 430 g/mol. The highest BCUT2D eigenvalue weighted by Crippen LogP contribution is 2.23. The predicted molar refractivity (Wildman–Crippen MR) is 108 cm³/mol. The van der Waals surface area contributed by atoms with Crippen LogP contribution in [0.15, 0.2) is 79.0 Å². The Hall–Kier alpha value is -3.39. The van der Waals surface area contributed by atoms with Gasteiger partial charge in [0.25, 0.3) is 5.91 Å². The molecule has 1 amide bonds. The fraction of sp³-hybridized carbons (Fsp3) is 0.217. The number of nitrogens with zero attached hydrogens (tertiary/aromatic N) is 1. The molecule has 5 nitrogen and oxygen atoms in total. The quantitative estimate of drug-likeness (QED) is 0.539. The fourth-order valence-electron chi connectivity index (χ4n) is 2.80. The zero-order valence-electron chi connectivity index (χ0n) is 16.5. The lowest BCUT2D eigenvalue weighted by molar-refractivity contribution is -0.188. The summed E-state index contributed by atoms with van der Waals surface area (Å²) in [6.45, 7) is -1.12. The fourth-order valence-corrected chi connectivity index (χ4v) is 2.80. The van der Waals surface area contributed by atoms with Crippen molar-refractivity contribution < 1.29 is 27.4 Å². The van der Waals surface area contributed by atoms with Crippen molar-refractivity contribution in [1.29, 1.82) is 0 Å². The highest BCUT2D eigenvalue weighted by Gasteiger charge is 2.32. The number of pyridine rings is 1. The Morgan fingerprint density at radius 3 is 2.48 bits per heavy atom. The van der Waals surface area contributed by atoms with Crippen molar-refractivity contribution >= 4 is 5.91 Å². The van der Waals surface area contributed by atoms with Crippen molar-refractivity contribution in [2.45, 2.75) is 25.4 Å². The van der Waals surface area contributed by atoms with Gasteiger partial charge in [-0.2, -0.15) is 13.2 Å². The van der Waals surface area contributed by atoms with Crippen molar-refractivity contribution in [2.75, 3.05) is 6.61 Å². The lowest BCUT2D eigenvalue weighted by atomic mass is 10.1. The number of hydrogen-bond acceptors (Lipinski definition) is 4. The molecule has 162 valence electrons. The number of carbonyl (C=O) groups is 1. The molecule has 31 heavy (non-hydrogen) atoms. The van der Waals surface area contributed by atoms with Gasteiger partial charge in [0.05, 0.1) is 5.69 Å². The number of ether oxygens (including phenoxy) is 2. The lowest BCUT2D eigenvalue weighted by Crippen LogP contribution is -2.32. The summed E-state index contributed by atoms with van der Waals surface area (Å²) in [6, 6.07) is 20.7. The molecule has 1 N–H and O–H groups in total. The van der Waals surface area contributed by atoms with Crippen LogP contribution in [0.5, 0.6) is 5.75 Å². The summed E-state index contributed by atoms with van der Waals surface area (Å²) in [4.78, 5) is 16.8. The maximum Gasteiger partial charge on any atom is 0.411 e. The molecule has 2 aromatic carbocycles. The van der Waals surface area contributed by atoms with Crippen LogP contribution in [0.2, 0.25) is 0 Å². The normalized spacial score (nSPS) is 12.2. The van der Waals surface area contributed by atoms with Crippen LogP contribution < -0.4 is 10.1 Å². The molecule has 3 aromatic rings. The van der Waals surface area contributed by atoms with Gasteiger partial charge in [0.15, 0.2) is 6.10 Å². The number of alkyl halides is 3. The van der Waals surface area contributed by atoms with Gasteiger partial charge < -0.3 is 14.8 Å². The molecule has 0 bridgehead atoms. The molecular weight excluding hydrogens is 409 g/mol. The van der Waals surface area contributed by atoms with E-state index >= 15 is 0 Å². The second-order valence-electron chi connectivity index (χ2n) is 6.69. The van der Waals surface area contributed by atoms with Gasteiger partial charge in [-0.1, -0.05) is 48.5 Å². The zero-order valence-corrected chi connectivity index (χ0v) is 16.5. The highest BCUT2D eigenvalue weighted by molar-refractivity contribution is 5.82. The average Bonchev–Trinajstić information content (AvgIpc) is 2.77. The molecule has 3 rings (SSSR count). The van der Waals surface area contributed by atoms with Crippen LogP contribution in [0.25, 0.3) is 0 Å². The van der Waals surface area contributed by atoms with Gasteiger partial charge in [-0.3, -0.25) is 9.78 Å². The second kappa shape index (κ2) is 10.6. The van der Waals surface area contributed by atoms with Crippen LogP contribution in [-0.4, -0.2) is 23.7 Å². The Morgan fingerprint density at radius 1 is 1.00 bits per heavy atom. The molecule has 0 saturated heterocycles. The largest absolute Gasteiger partial charge is 0.487 e. The van der Waals surface area contributed by atoms with Crippen molar-refractivity contribution in [3.63, 3.8) is 0 Å². The van der Waals surface area contributed by atoms with Gasteiger partial charge >= 0.3 is 6.18 Å². The maximum absolute atomic E-state index is 12.6. The summed E-state index contributed by atoms with van der Waals surface area (Å²) in [5, 5.41) is 2.64. The zero-order chi connectivity index (χ0) is 22.1. The number of hydrogen-bond donors (Lipinski definition) is 1. The summed E-state index contributed by atoms with van der Waals surface area (Å²) >= 11 is 0. The van der Waals surface area contributed by atoms with E-state index in [-0.39, 0.29) is 13.2 Å². The van der Waals surface area contributed by atoms with Gasteiger partial charge in [-0.05, 0) is 35.4 Å². The van der Waals surface area contributed by atoms with Crippen molar-refractivity contribution in [1.82, 2.24) is 10.3 Å². The molecule has 1 heterocycles. The minimum atomic E-state index is -4.54. The third-order valence-corrected chi connectivity index (χ3v) is 4.23. The molecule has 0 radical (unpaired) electrons. The van der Waals surface area contributed by atoms with E-state index in [4.69, 9.17) is 9.47 Å². The molecule has 0 fully saturated rings. The Bertz CT molecular complexity index is 967. The first-order valence-electron chi connectivity index (χ1n) is 9.53. The van der Waals surface area contributed by atoms with Crippen molar-refractivity contribution in [2.24, 2.45) is 0 Å². The minimum Gasteiger partial charge on any atom is -0.487 e. The standard InChI is InChI=1S/C23H21F3N2O3/c24-23(25,26)16-31-21(18-8-2-1-3-9-18)22(29)28-14-17-7-6-11-20(13-17)30-15-19-10-4-5-12-27-19/h1-13,21H,14-16H2,(H,28,29)/t21-/m0/s1. The van der Waals surface area contributed by atoms with Crippen LogP contribution in [0, 0.1) is 0 Å². The molecule has 0 saturated carbocycles. The molecule has 0 aliphatic carbocycles. The van der Waals surface area contributed by atoms with E-state index in [1.807, 2.05) is 18.2 Å². The lowest BCUT2D eigenvalue weighted by Gasteiger charge is -2.19. The summed E-state index contributed by atoms with van der Waals surface area (Å²) < 4.78 is 48.4. The highest BCUT2D eigenvalue weighted by atomic mass is 19.4. The van der Waals surface area contributed by atoms with E-state index in [1.165, 1.54) is 0 Å². The first-order valence-corrected chi connectivity index (χ1v) is 9.53. The Morgan fingerprint density at radius 2 is 1.77 bits per heavy atom. The van der Waals surface area contributed by atoms with Gasteiger partial charge in [0.2, 0.25) is 0 Å². The van der Waals surface area contributed by atoms with Crippen LogP contribution in [0.4, 0.5) is 13.2 Å². The predicted octanol–water partition coefficient (Wildman–Crippen LogP) is 4.60. The number of halogens is 3. The molecule has 0 spiro atoms. The molecule has 1 aromatic heterocycles. The molecular formula is C23H21F3N2O3. The maximum atomic E-state index is 12.6. The number of carbonyl (C=O) groups excluding carboxylic acids is 1. The van der Waals surface area contributed by atoms with E-state index in [2.05, 4.69) is 10.3 Å². The smallest absolute Gasteiger partial charge is 0.411 e. The van der Waals surface area contributed by atoms with Gasteiger partial charge in [0.1, 0.15) is 19.0 Å². The van der Waals surface area contributed by atoms with Crippen LogP contribution in [0.3, 0.4) is 0 Å². The van der Waals surface area contributed by atoms with E-state index in [9.17, 15) is 18.0 Å². The van der Waals surface area contributed by atoms with E-state index in [1.54, 1.807) is 60.8 Å². The Kier molecular flexibility index (Phi) is 7.61. The summed E-state index contributed by atoms with van der Waals surface area (Å²) in [7, 11) is 0. The van der Waals surface area contributed by atoms with E-state index in [0.29, 0.717) is 11.3 Å². The SMILES string of the molecule is O=C(NCc1cccc(OCc2ccccn2)c1)[C@@H](OCC(F)(F)F)c1ccccc1. The number of amides is 1. The summed E-state index contributed by atoms with van der Waals surface area (Å²) in [5.74, 6) is -0.0689. The van der Waals surface area contributed by atoms with Crippen molar-refractivity contribution in [3.05, 3.63) is 95.8 Å². The van der Waals surface area contributed by atoms with Gasteiger partial charge in [-0.15, -0.1) is 0 Å². The first kappa shape index (κ1) is 22.3. The van der Waals surface area contributed by atoms with E-state index < -0.39 is 24.8 Å². The Labute approximate surface area is 177 Å². The topological polar surface area (TPSA) is 60.5 Å². The number of aromatic nitrogens is 1. The summed E-state index contributed by atoms with van der Waals surface area (Å²) in [6.07, 6.45) is -4.23. The second-order valence-corrected chi connectivity index (χ2v) is 6.69. The minimum absolute atomic E-state index is 0.109. The third-order valence-electron chi connectivity index (χ3n) is 4.23. The summed E-state index contributed by atoms with van der Waals surface area (Å²) in [5.41, 5.74) is 1.85. The number of nitrogens with one attached hydrogen (secondary N) is 1. The number of benzene rings is 2. The third kappa shape index (κ3) is 7.42. The average molecular weight is 430 g/mol. The molecule has 8 heteroatoms. The van der Waals surface area contributed by atoms with Crippen molar-refractivity contribution in [3.8, 4) is 5.75 Å². The molecule has 0 aliphatic rings. The van der Waals surface area contributed by atoms with E-state index in [0.717, 1.165) is 11.3 Å². The van der Waals surface area contributed by atoms with Gasteiger partial charge in [-0.25, -0.2) is 0 Å². The Balaban J connectivity index is 1.61. The van der Waals surface area contributed by atoms with Crippen LogP contribution in [-0.2, 0) is 22.7 Å². The van der Waals surface area contributed by atoms with Crippen LogP contribution >= 0.6 is 0 Å². The molecule has 1 atom stereocenters. The molecule has 0 unspecified atom stereocenters. The van der Waals surface area contributed by atoms with Gasteiger partial charge in [0, 0.05) is 12.7 Å². The molecule has 0 aliphatic heterocycles.